The van der Waals surface area contributed by atoms with Gasteiger partial charge >= 0.3 is 0 Å². The van der Waals surface area contributed by atoms with Gasteiger partial charge in [-0.05, 0) is 13.0 Å². The molecular formula is C10H10Cl3N3S. The van der Waals surface area contributed by atoms with Crippen LogP contribution in [0.1, 0.15) is 24.2 Å². The van der Waals surface area contributed by atoms with Crippen molar-refractivity contribution in [3.05, 3.63) is 37.2 Å². The zero-order valence-electron chi connectivity index (χ0n) is 8.95. The number of aryl methyl sites for hydroxylation is 1. The molecule has 2 rings (SSSR count). The summed E-state index contributed by atoms with van der Waals surface area (Å²) in [4.78, 5) is 0. The van der Waals surface area contributed by atoms with Crippen molar-refractivity contribution in [2.45, 2.75) is 19.5 Å². The van der Waals surface area contributed by atoms with E-state index in [0.29, 0.717) is 20.2 Å². The first-order chi connectivity index (χ1) is 8.04. The van der Waals surface area contributed by atoms with Gasteiger partial charge in [0.15, 0.2) is 0 Å². The molecule has 17 heavy (non-hydrogen) atoms. The monoisotopic (exact) mass is 309 g/mol. The molecule has 0 saturated carbocycles. The average Bonchev–Trinajstić information content (AvgIpc) is 2.80. The van der Waals surface area contributed by atoms with Crippen LogP contribution in [0, 0.1) is 0 Å². The van der Waals surface area contributed by atoms with Crippen LogP contribution in [0.4, 0.5) is 0 Å². The Bertz CT molecular complexity index is 535. The minimum Gasteiger partial charge on any atom is -0.319 e. The first-order valence-corrected chi connectivity index (χ1v) is 6.91. The summed E-state index contributed by atoms with van der Waals surface area (Å²) in [5.74, 6) is 0. The van der Waals surface area contributed by atoms with E-state index in [9.17, 15) is 0 Å². The highest BCUT2D eigenvalue weighted by atomic mass is 35.5. The summed E-state index contributed by atoms with van der Waals surface area (Å²) in [6.45, 7) is 2.67. The fourth-order valence-corrected chi connectivity index (χ4v) is 3.45. The molecule has 0 saturated heterocycles. The van der Waals surface area contributed by atoms with Gasteiger partial charge in [-0.3, -0.25) is 4.68 Å². The molecule has 1 unspecified atom stereocenters. The largest absolute Gasteiger partial charge is 0.319 e. The highest BCUT2D eigenvalue weighted by Crippen LogP contribution is 2.37. The fraction of sp³-hybridized carbons (Fsp3) is 0.300. The number of halogens is 3. The number of nitrogens with zero attached hydrogens (tertiary/aromatic N) is 2. The van der Waals surface area contributed by atoms with Crippen LogP contribution in [0.25, 0.3) is 0 Å². The summed E-state index contributed by atoms with van der Waals surface area (Å²) in [6, 6.07) is 1.35. The van der Waals surface area contributed by atoms with Crippen LogP contribution in [0.3, 0.4) is 0 Å². The van der Waals surface area contributed by atoms with Gasteiger partial charge in [-0.25, -0.2) is 0 Å². The van der Waals surface area contributed by atoms with Crippen molar-refractivity contribution in [1.82, 2.24) is 9.78 Å². The quantitative estimate of drug-likeness (QED) is 0.932. The molecule has 0 bridgehead atoms. The molecule has 3 nitrogen and oxygen atoms in total. The molecule has 0 aliphatic rings. The molecule has 0 aliphatic carbocycles. The summed E-state index contributed by atoms with van der Waals surface area (Å²) >= 11 is 19.4. The lowest BCUT2D eigenvalue weighted by molar-refractivity contribution is 0.601. The van der Waals surface area contributed by atoms with Crippen LogP contribution in [0.5, 0.6) is 0 Å². The maximum absolute atomic E-state index is 6.17. The van der Waals surface area contributed by atoms with Crippen molar-refractivity contribution in [1.29, 1.82) is 0 Å². The normalized spacial score (nSPS) is 13.0. The molecular weight excluding hydrogens is 301 g/mol. The minimum atomic E-state index is -0.416. The molecule has 1 atom stereocenters. The second kappa shape index (κ2) is 5.16. The predicted molar refractivity (Wildman–Crippen MR) is 73.3 cm³/mol. The third kappa shape index (κ3) is 2.46. The molecule has 0 amide bonds. The van der Waals surface area contributed by atoms with E-state index >= 15 is 0 Å². The van der Waals surface area contributed by atoms with Crippen LogP contribution < -0.4 is 5.73 Å². The zero-order valence-corrected chi connectivity index (χ0v) is 12.0. The van der Waals surface area contributed by atoms with Crippen molar-refractivity contribution >= 4 is 46.1 Å². The van der Waals surface area contributed by atoms with E-state index in [0.717, 1.165) is 11.3 Å². The van der Waals surface area contributed by atoms with Gasteiger partial charge in [0.1, 0.15) is 0 Å². The maximum Gasteiger partial charge on any atom is 0.0995 e. The number of hydrogen-bond donors (Lipinski definition) is 1. The molecule has 2 N–H and O–H groups in total. The van der Waals surface area contributed by atoms with Crippen LogP contribution in [0.15, 0.2) is 12.3 Å². The van der Waals surface area contributed by atoms with E-state index in [2.05, 4.69) is 5.10 Å². The van der Waals surface area contributed by atoms with Gasteiger partial charge in [0.25, 0.3) is 0 Å². The number of hydrogen-bond acceptors (Lipinski definition) is 3. The van der Waals surface area contributed by atoms with E-state index in [-0.39, 0.29) is 0 Å². The Kier molecular flexibility index (Phi) is 4.00. The molecule has 7 heteroatoms. The van der Waals surface area contributed by atoms with Gasteiger partial charge in [0, 0.05) is 12.1 Å². The Morgan fingerprint density at radius 3 is 2.71 bits per heavy atom. The molecule has 0 radical (unpaired) electrons. The van der Waals surface area contributed by atoms with E-state index in [1.54, 1.807) is 16.9 Å². The highest BCUT2D eigenvalue weighted by Gasteiger charge is 2.21. The van der Waals surface area contributed by atoms with Crippen molar-refractivity contribution in [2.75, 3.05) is 0 Å². The van der Waals surface area contributed by atoms with Crippen molar-refractivity contribution in [3.63, 3.8) is 0 Å². The molecule has 2 heterocycles. The highest BCUT2D eigenvalue weighted by molar-refractivity contribution is 7.20. The van der Waals surface area contributed by atoms with E-state index in [1.807, 2.05) is 6.92 Å². The van der Waals surface area contributed by atoms with Gasteiger partial charge in [0.2, 0.25) is 0 Å². The van der Waals surface area contributed by atoms with E-state index < -0.39 is 6.04 Å². The minimum absolute atomic E-state index is 0.416. The topological polar surface area (TPSA) is 43.8 Å². The third-order valence-electron chi connectivity index (χ3n) is 2.45. The van der Waals surface area contributed by atoms with Gasteiger partial charge < -0.3 is 5.73 Å². The summed E-state index contributed by atoms with van der Waals surface area (Å²) in [5.41, 5.74) is 7.70. The smallest absolute Gasteiger partial charge is 0.0995 e. The first-order valence-electron chi connectivity index (χ1n) is 4.96. The first kappa shape index (κ1) is 13.2. The van der Waals surface area contributed by atoms with Gasteiger partial charge in [-0.2, -0.15) is 5.10 Å². The molecule has 92 valence electrons. The van der Waals surface area contributed by atoms with Crippen LogP contribution >= 0.6 is 46.1 Å². The van der Waals surface area contributed by atoms with Crippen LogP contribution in [-0.4, -0.2) is 9.78 Å². The number of aromatic nitrogens is 2. The SMILES string of the molecule is CCn1ncc(Cl)c1C(N)c1cc(Cl)sc1Cl. The van der Waals surface area contributed by atoms with Crippen molar-refractivity contribution in [2.24, 2.45) is 5.73 Å². The predicted octanol–water partition coefficient (Wildman–Crippen LogP) is 3.97. The Morgan fingerprint density at radius 1 is 1.47 bits per heavy atom. The van der Waals surface area contributed by atoms with Gasteiger partial charge in [0.05, 0.1) is 31.6 Å². The van der Waals surface area contributed by atoms with Crippen LogP contribution in [-0.2, 0) is 6.54 Å². The van der Waals surface area contributed by atoms with Gasteiger partial charge in [-0.1, -0.05) is 34.8 Å². The lowest BCUT2D eigenvalue weighted by atomic mass is 10.1. The average molecular weight is 311 g/mol. The summed E-state index contributed by atoms with van der Waals surface area (Å²) < 4.78 is 2.95. The Labute approximate surface area is 118 Å². The molecule has 2 aromatic rings. The zero-order chi connectivity index (χ0) is 12.6. The Balaban J connectivity index is 2.46. The summed E-state index contributed by atoms with van der Waals surface area (Å²) in [7, 11) is 0. The molecule has 0 aliphatic heterocycles. The number of thiophene rings is 1. The fourth-order valence-electron chi connectivity index (χ4n) is 1.65. The third-order valence-corrected chi connectivity index (χ3v) is 4.25. The lowest BCUT2D eigenvalue weighted by Gasteiger charge is -2.13. The molecule has 0 fully saturated rings. The standard InChI is InChI=1S/C10H10Cl3N3S/c1-2-16-9(6(11)4-15-16)8(14)5-3-7(12)17-10(5)13/h3-4,8H,2,14H2,1H3. The number of rotatable bonds is 3. The van der Waals surface area contributed by atoms with E-state index in [4.69, 9.17) is 40.5 Å². The number of nitrogens with two attached hydrogens (primary N) is 1. The Morgan fingerprint density at radius 2 is 2.18 bits per heavy atom. The summed E-state index contributed by atoms with van der Waals surface area (Å²) in [6.07, 6.45) is 1.59. The summed E-state index contributed by atoms with van der Waals surface area (Å²) in [5, 5.41) is 4.69. The van der Waals surface area contributed by atoms with E-state index in [1.165, 1.54) is 11.3 Å². The second-order valence-corrected chi connectivity index (χ2v) is 6.14. The van der Waals surface area contributed by atoms with Crippen LogP contribution in [0.2, 0.25) is 13.7 Å². The van der Waals surface area contributed by atoms with Gasteiger partial charge in [-0.15, -0.1) is 11.3 Å². The second-order valence-electron chi connectivity index (χ2n) is 3.45. The lowest BCUT2D eigenvalue weighted by Crippen LogP contribution is -2.17. The maximum atomic E-state index is 6.17. The van der Waals surface area contributed by atoms with Crippen molar-refractivity contribution in [3.8, 4) is 0 Å². The van der Waals surface area contributed by atoms with Crippen molar-refractivity contribution < 1.29 is 0 Å². The molecule has 0 aromatic carbocycles. The molecule has 2 aromatic heterocycles. The molecule has 0 spiro atoms. The Hall–Kier alpha value is -0.260.